The molecule has 0 amide bonds. The molecule has 4 heteroatoms. The van der Waals surface area contributed by atoms with Crippen molar-refractivity contribution in [2.24, 2.45) is 10.4 Å². The lowest BCUT2D eigenvalue weighted by Crippen LogP contribution is -2.45. The molecule has 0 aromatic heterocycles. The third-order valence-electron chi connectivity index (χ3n) is 3.39. The van der Waals surface area contributed by atoms with Crippen LogP contribution >= 0.6 is 0 Å². The van der Waals surface area contributed by atoms with Crippen LogP contribution in [-0.4, -0.2) is 36.8 Å². The van der Waals surface area contributed by atoms with Crippen molar-refractivity contribution in [2.75, 3.05) is 19.7 Å². The van der Waals surface area contributed by atoms with Gasteiger partial charge in [0, 0.05) is 12.6 Å². The molecule has 0 radical (unpaired) electrons. The lowest BCUT2D eigenvalue weighted by Gasteiger charge is -2.35. The number of nitrogens with zero attached hydrogens (tertiary/aromatic N) is 1. The molecule has 0 atom stereocenters. The van der Waals surface area contributed by atoms with Gasteiger partial charge in [0.1, 0.15) is 0 Å². The Hall–Kier alpha value is -0.770. The molecule has 0 bridgehead atoms. The Bertz CT molecular complexity index is 241. The smallest absolute Gasteiger partial charge is 0.191 e. The van der Waals surface area contributed by atoms with E-state index in [2.05, 4.69) is 36.4 Å². The average Bonchev–Trinajstić information content (AvgIpc) is 2.29. The van der Waals surface area contributed by atoms with E-state index in [1.807, 2.05) is 0 Å². The summed E-state index contributed by atoms with van der Waals surface area (Å²) in [6, 6.07) is 0.527. The number of aliphatic hydroxyl groups is 1. The van der Waals surface area contributed by atoms with Gasteiger partial charge in [-0.05, 0) is 38.0 Å². The number of hydrogen-bond donors (Lipinski definition) is 3. The Morgan fingerprint density at radius 3 is 2.53 bits per heavy atom. The first-order valence-corrected chi connectivity index (χ1v) is 6.73. The van der Waals surface area contributed by atoms with Crippen LogP contribution in [0.15, 0.2) is 4.99 Å². The zero-order valence-electron chi connectivity index (χ0n) is 11.4. The predicted octanol–water partition coefficient (Wildman–Crippen LogP) is 1.50. The van der Waals surface area contributed by atoms with E-state index in [0.29, 0.717) is 18.0 Å². The van der Waals surface area contributed by atoms with E-state index < -0.39 is 0 Å². The minimum Gasteiger partial charge on any atom is -0.394 e. The molecule has 17 heavy (non-hydrogen) atoms. The number of nitrogens with one attached hydrogen (secondary N) is 2. The maximum Gasteiger partial charge on any atom is 0.191 e. The van der Waals surface area contributed by atoms with Crippen molar-refractivity contribution >= 4 is 5.96 Å². The SMILES string of the molecule is CCNC(=NCCO)NC1CCC(C)(C)CC1. The van der Waals surface area contributed by atoms with Gasteiger partial charge in [-0.25, -0.2) is 0 Å². The zero-order chi connectivity index (χ0) is 12.7. The first kappa shape index (κ1) is 14.3. The van der Waals surface area contributed by atoms with E-state index >= 15 is 0 Å². The summed E-state index contributed by atoms with van der Waals surface area (Å²) in [7, 11) is 0. The lowest BCUT2D eigenvalue weighted by atomic mass is 9.75. The molecule has 1 fully saturated rings. The molecule has 1 aliphatic carbocycles. The number of guanidine groups is 1. The summed E-state index contributed by atoms with van der Waals surface area (Å²) in [4.78, 5) is 4.31. The fourth-order valence-electron chi connectivity index (χ4n) is 2.22. The van der Waals surface area contributed by atoms with Crippen molar-refractivity contribution < 1.29 is 5.11 Å². The van der Waals surface area contributed by atoms with E-state index in [9.17, 15) is 0 Å². The fourth-order valence-corrected chi connectivity index (χ4v) is 2.22. The molecule has 0 spiro atoms. The normalized spacial score (nSPS) is 21.3. The Kier molecular flexibility index (Phi) is 5.75. The standard InChI is InChI=1S/C13H27N3O/c1-4-14-12(15-9-10-17)16-11-5-7-13(2,3)8-6-11/h11,17H,4-10H2,1-3H3,(H2,14,15,16). The van der Waals surface area contributed by atoms with Gasteiger partial charge in [0.2, 0.25) is 0 Å². The van der Waals surface area contributed by atoms with Crippen molar-refractivity contribution in [2.45, 2.75) is 52.5 Å². The molecular formula is C13H27N3O. The second-order valence-corrected chi connectivity index (χ2v) is 5.57. The minimum absolute atomic E-state index is 0.105. The molecule has 0 saturated heterocycles. The zero-order valence-corrected chi connectivity index (χ0v) is 11.4. The van der Waals surface area contributed by atoms with Crippen LogP contribution in [0.2, 0.25) is 0 Å². The second-order valence-electron chi connectivity index (χ2n) is 5.57. The number of rotatable bonds is 4. The Balaban J connectivity index is 2.40. The molecule has 1 rings (SSSR count). The lowest BCUT2D eigenvalue weighted by molar-refractivity contribution is 0.216. The third kappa shape index (κ3) is 5.39. The van der Waals surface area contributed by atoms with Gasteiger partial charge in [0.25, 0.3) is 0 Å². The highest BCUT2D eigenvalue weighted by atomic mass is 16.3. The minimum atomic E-state index is 0.105. The van der Waals surface area contributed by atoms with Gasteiger partial charge in [-0.15, -0.1) is 0 Å². The predicted molar refractivity (Wildman–Crippen MR) is 72.2 cm³/mol. The highest BCUT2D eigenvalue weighted by Crippen LogP contribution is 2.34. The molecule has 0 unspecified atom stereocenters. The van der Waals surface area contributed by atoms with Crippen LogP contribution in [0.3, 0.4) is 0 Å². The largest absolute Gasteiger partial charge is 0.394 e. The summed E-state index contributed by atoms with van der Waals surface area (Å²) < 4.78 is 0. The number of aliphatic hydroxyl groups excluding tert-OH is 1. The van der Waals surface area contributed by atoms with Gasteiger partial charge in [-0.1, -0.05) is 13.8 Å². The maximum absolute atomic E-state index is 8.80. The number of hydrogen-bond acceptors (Lipinski definition) is 2. The molecule has 0 aromatic rings. The maximum atomic E-state index is 8.80. The first-order valence-electron chi connectivity index (χ1n) is 6.73. The second kappa shape index (κ2) is 6.84. The van der Waals surface area contributed by atoms with Crippen LogP contribution in [0.1, 0.15) is 46.5 Å². The van der Waals surface area contributed by atoms with Crippen LogP contribution in [-0.2, 0) is 0 Å². The highest BCUT2D eigenvalue weighted by molar-refractivity contribution is 5.80. The van der Waals surface area contributed by atoms with Gasteiger partial charge >= 0.3 is 0 Å². The fraction of sp³-hybridized carbons (Fsp3) is 0.923. The Morgan fingerprint density at radius 2 is 2.00 bits per heavy atom. The molecule has 0 aliphatic heterocycles. The highest BCUT2D eigenvalue weighted by Gasteiger charge is 2.26. The van der Waals surface area contributed by atoms with Crippen LogP contribution < -0.4 is 10.6 Å². The monoisotopic (exact) mass is 241 g/mol. The van der Waals surface area contributed by atoms with Crippen LogP contribution in [0, 0.1) is 5.41 Å². The molecule has 3 N–H and O–H groups in total. The van der Waals surface area contributed by atoms with Gasteiger partial charge in [0.15, 0.2) is 5.96 Å². The van der Waals surface area contributed by atoms with Crippen molar-refractivity contribution in [3.05, 3.63) is 0 Å². The van der Waals surface area contributed by atoms with E-state index in [1.165, 1.54) is 25.7 Å². The molecule has 0 heterocycles. The van der Waals surface area contributed by atoms with E-state index in [1.54, 1.807) is 0 Å². The van der Waals surface area contributed by atoms with Crippen molar-refractivity contribution in [1.29, 1.82) is 0 Å². The summed E-state index contributed by atoms with van der Waals surface area (Å²) in [6.45, 7) is 8.17. The molecule has 1 saturated carbocycles. The first-order chi connectivity index (χ1) is 8.07. The summed E-state index contributed by atoms with van der Waals surface area (Å²) >= 11 is 0. The number of aliphatic imine (C=N–C) groups is 1. The van der Waals surface area contributed by atoms with Crippen LogP contribution in [0.25, 0.3) is 0 Å². The molecule has 4 nitrogen and oxygen atoms in total. The Labute approximate surface area is 105 Å². The molecular weight excluding hydrogens is 214 g/mol. The van der Waals surface area contributed by atoms with Crippen LogP contribution in [0.4, 0.5) is 0 Å². The van der Waals surface area contributed by atoms with Crippen LogP contribution in [0.5, 0.6) is 0 Å². The summed E-state index contributed by atoms with van der Waals surface area (Å²) in [5.41, 5.74) is 0.499. The topological polar surface area (TPSA) is 56.7 Å². The van der Waals surface area contributed by atoms with Gasteiger partial charge in [-0.2, -0.15) is 0 Å². The van der Waals surface area contributed by atoms with E-state index in [4.69, 9.17) is 5.11 Å². The quantitative estimate of drug-likeness (QED) is 0.516. The summed E-state index contributed by atoms with van der Waals surface area (Å²) in [5.74, 6) is 0.839. The average molecular weight is 241 g/mol. The van der Waals surface area contributed by atoms with Crippen molar-refractivity contribution in [3.8, 4) is 0 Å². The summed E-state index contributed by atoms with van der Waals surface area (Å²) in [5, 5.41) is 15.5. The molecule has 0 aromatic carbocycles. The molecule has 100 valence electrons. The van der Waals surface area contributed by atoms with E-state index in [-0.39, 0.29) is 6.61 Å². The van der Waals surface area contributed by atoms with Crippen molar-refractivity contribution in [1.82, 2.24) is 10.6 Å². The molecule has 1 aliphatic rings. The Morgan fingerprint density at radius 1 is 1.35 bits per heavy atom. The van der Waals surface area contributed by atoms with Crippen molar-refractivity contribution in [3.63, 3.8) is 0 Å². The van der Waals surface area contributed by atoms with Gasteiger partial charge in [0.05, 0.1) is 13.2 Å². The third-order valence-corrected chi connectivity index (χ3v) is 3.39. The van der Waals surface area contributed by atoms with Gasteiger partial charge < -0.3 is 15.7 Å². The van der Waals surface area contributed by atoms with Gasteiger partial charge in [-0.3, -0.25) is 4.99 Å². The summed E-state index contributed by atoms with van der Waals surface area (Å²) in [6.07, 6.45) is 4.95. The van der Waals surface area contributed by atoms with E-state index in [0.717, 1.165) is 12.5 Å².